The van der Waals surface area contributed by atoms with Gasteiger partial charge >= 0.3 is 0 Å². The van der Waals surface area contributed by atoms with E-state index in [1.54, 1.807) is 13.2 Å². The lowest BCUT2D eigenvalue weighted by atomic mass is 10.2. The van der Waals surface area contributed by atoms with E-state index < -0.39 is 0 Å². The van der Waals surface area contributed by atoms with Crippen molar-refractivity contribution in [1.82, 2.24) is 4.98 Å². The molecule has 1 heterocycles. The van der Waals surface area contributed by atoms with Gasteiger partial charge in [0.15, 0.2) is 0 Å². The Morgan fingerprint density at radius 3 is 2.91 bits per heavy atom. The van der Waals surface area contributed by atoms with Crippen LogP contribution in [-0.2, 0) is 11.3 Å². The van der Waals surface area contributed by atoms with Gasteiger partial charge in [-0.2, -0.15) is 0 Å². The number of hydrogen-bond donors (Lipinski definition) is 2. The molecule has 4 heteroatoms. The number of methoxy groups -OCH3 is 1. The lowest BCUT2D eigenvalue weighted by Gasteiger charge is -2.03. The van der Waals surface area contributed by atoms with E-state index >= 15 is 0 Å². The van der Waals surface area contributed by atoms with Crippen molar-refractivity contribution in [2.24, 2.45) is 0 Å². The van der Waals surface area contributed by atoms with Gasteiger partial charge in [-0.25, -0.2) is 4.98 Å². The Bertz CT molecular complexity index is 249. The standard InChI is InChI=1S/C7H11N3O/c1-11-4-5-2-6(8)3-10-7(5)9/h2-3H,4,8H2,1H3,(H2,9,10). The third kappa shape index (κ3) is 1.81. The molecule has 60 valence electrons. The van der Waals surface area contributed by atoms with E-state index in [0.29, 0.717) is 18.1 Å². The largest absolute Gasteiger partial charge is 0.397 e. The van der Waals surface area contributed by atoms with Gasteiger partial charge < -0.3 is 16.2 Å². The van der Waals surface area contributed by atoms with Crippen LogP contribution < -0.4 is 11.5 Å². The maximum absolute atomic E-state index is 5.53. The van der Waals surface area contributed by atoms with E-state index in [2.05, 4.69) is 4.98 Å². The highest BCUT2D eigenvalue weighted by molar-refractivity contribution is 5.48. The molecule has 0 unspecified atom stereocenters. The van der Waals surface area contributed by atoms with Crippen LogP contribution in [0.15, 0.2) is 12.3 Å². The van der Waals surface area contributed by atoms with Crippen molar-refractivity contribution < 1.29 is 4.74 Å². The van der Waals surface area contributed by atoms with Crippen molar-refractivity contribution >= 4 is 11.5 Å². The molecule has 0 saturated carbocycles. The zero-order valence-electron chi connectivity index (χ0n) is 6.37. The third-order valence-electron chi connectivity index (χ3n) is 1.32. The quantitative estimate of drug-likeness (QED) is 0.644. The monoisotopic (exact) mass is 153 g/mol. The summed E-state index contributed by atoms with van der Waals surface area (Å²) in [7, 11) is 1.60. The second-order valence-electron chi connectivity index (χ2n) is 2.25. The highest BCUT2D eigenvalue weighted by Gasteiger charge is 1.99. The molecule has 0 spiro atoms. The first-order valence-electron chi connectivity index (χ1n) is 3.23. The number of rotatable bonds is 2. The molecule has 0 aliphatic rings. The van der Waals surface area contributed by atoms with Gasteiger partial charge in [-0.3, -0.25) is 0 Å². The second-order valence-corrected chi connectivity index (χ2v) is 2.25. The summed E-state index contributed by atoms with van der Waals surface area (Å²) in [4.78, 5) is 3.87. The summed E-state index contributed by atoms with van der Waals surface area (Å²) in [5, 5.41) is 0. The molecule has 11 heavy (non-hydrogen) atoms. The van der Waals surface area contributed by atoms with Gasteiger partial charge in [0.1, 0.15) is 5.82 Å². The van der Waals surface area contributed by atoms with Crippen LogP contribution in [0.1, 0.15) is 5.56 Å². The molecule has 4 N–H and O–H groups in total. The molecular formula is C7H11N3O. The highest BCUT2D eigenvalue weighted by atomic mass is 16.5. The number of nitrogens with zero attached hydrogens (tertiary/aromatic N) is 1. The summed E-state index contributed by atoms with van der Waals surface area (Å²) in [5.74, 6) is 0.473. The van der Waals surface area contributed by atoms with E-state index in [4.69, 9.17) is 16.2 Å². The highest BCUT2D eigenvalue weighted by Crippen LogP contribution is 2.12. The molecule has 1 aromatic rings. The first-order valence-corrected chi connectivity index (χ1v) is 3.23. The van der Waals surface area contributed by atoms with Gasteiger partial charge in [-0.15, -0.1) is 0 Å². The van der Waals surface area contributed by atoms with E-state index in [1.807, 2.05) is 0 Å². The van der Waals surface area contributed by atoms with E-state index in [0.717, 1.165) is 5.56 Å². The Morgan fingerprint density at radius 1 is 1.55 bits per heavy atom. The molecule has 0 aliphatic heterocycles. The Balaban J connectivity index is 2.93. The van der Waals surface area contributed by atoms with Crippen molar-refractivity contribution in [3.63, 3.8) is 0 Å². The summed E-state index contributed by atoms with van der Waals surface area (Å²) in [6, 6.07) is 1.76. The predicted octanol–water partition coefficient (Wildman–Crippen LogP) is 0.392. The summed E-state index contributed by atoms with van der Waals surface area (Å²) >= 11 is 0. The molecule has 1 aromatic heterocycles. The van der Waals surface area contributed by atoms with E-state index in [-0.39, 0.29) is 0 Å². The van der Waals surface area contributed by atoms with Crippen molar-refractivity contribution in [2.45, 2.75) is 6.61 Å². The molecule has 0 atom stereocenters. The number of nitrogens with two attached hydrogens (primary N) is 2. The van der Waals surface area contributed by atoms with Crippen LogP contribution in [-0.4, -0.2) is 12.1 Å². The number of pyridine rings is 1. The fourth-order valence-electron chi connectivity index (χ4n) is 0.810. The Hall–Kier alpha value is -1.29. The molecule has 1 rings (SSSR count). The van der Waals surface area contributed by atoms with Crippen molar-refractivity contribution in [1.29, 1.82) is 0 Å². The van der Waals surface area contributed by atoms with Crippen LogP contribution in [0.4, 0.5) is 11.5 Å². The SMILES string of the molecule is COCc1cc(N)cnc1N. The molecule has 0 saturated heterocycles. The minimum Gasteiger partial charge on any atom is -0.397 e. The van der Waals surface area contributed by atoms with E-state index in [1.165, 1.54) is 6.20 Å². The third-order valence-corrected chi connectivity index (χ3v) is 1.32. The molecule has 0 aliphatic carbocycles. The minimum absolute atomic E-state index is 0.448. The molecule has 0 radical (unpaired) electrons. The molecule has 0 bridgehead atoms. The fourth-order valence-corrected chi connectivity index (χ4v) is 0.810. The van der Waals surface area contributed by atoms with Gasteiger partial charge in [0.2, 0.25) is 0 Å². The first kappa shape index (κ1) is 7.81. The van der Waals surface area contributed by atoms with Crippen LogP contribution in [0.3, 0.4) is 0 Å². The van der Waals surface area contributed by atoms with Crippen LogP contribution in [0.5, 0.6) is 0 Å². The smallest absolute Gasteiger partial charge is 0.129 e. The number of ether oxygens (including phenoxy) is 1. The zero-order valence-corrected chi connectivity index (χ0v) is 6.37. The van der Waals surface area contributed by atoms with Crippen LogP contribution >= 0.6 is 0 Å². The van der Waals surface area contributed by atoms with Gasteiger partial charge in [0.05, 0.1) is 18.5 Å². The van der Waals surface area contributed by atoms with Crippen LogP contribution in [0, 0.1) is 0 Å². The normalized spacial score (nSPS) is 9.91. The van der Waals surface area contributed by atoms with Gasteiger partial charge in [0.25, 0.3) is 0 Å². The molecule has 0 amide bonds. The Morgan fingerprint density at radius 2 is 2.27 bits per heavy atom. The minimum atomic E-state index is 0.448. The molecular weight excluding hydrogens is 142 g/mol. The van der Waals surface area contributed by atoms with Crippen molar-refractivity contribution in [2.75, 3.05) is 18.6 Å². The molecule has 0 aromatic carbocycles. The van der Waals surface area contributed by atoms with Gasteiger partial charge in [-0.05, 0) is 6.07 Å². The van der Waals surface area contributed by atoms with E-state index in [9.17, 15) is 0 Å². The molecule has 0 fully saturated rings. The van der Waals surface area contributed by atoms with Crippen molar-refractivity contribution in [3.8, 4) is 0 Å². The second kappa shape index (κ2) is 3.21. The lowest BCUT2D eigenvalue weighted by Crippen LogP contribution is -2.00. The summed E-state index contributed by atoms with van der Waals surface area (Å²) in [5.41, 5.74) is 12.4. The van der Waals surface area contributed by atoms with Gasteiger partial charge in [0, 0.05) is 12.7 Å². The Kier molecular flexibility index (Phi) is 2.28. The van der Waals surface area contributed by atoms with Crippen molar-refractivity contribution in [3.05, 3.63) is 17.8 Å². The van der Waals surface area contributed by atoms with Gasteiger partial charge in [-0.1, -0.05) is 0 Å². The molecule has 4 nitrogen and oxygen atoms in total. The predicted molar refractivity (Wildman–Crippen MR) is 43.8 cm³/mol. The number of anilines is 2. The van der Waals surface area contributed by atoms with Crippen LogP contribution in [0.25, 0.3) is 0 Å². The Labute approximate surface area is 65.2 Å². The number of hydrogen-bond acceptors (Lipinski definition) is 4. The summed E-state index contributed by atoms with van der Waals surface area (Å²) < 4.78 is 4.89. The summed E-state index contributed by atoms with van der Waals surface area (Å²) in [6.45, 7) is 0.448. The van der Waals surface area contributed by atoms with Crippen LogP contribution in [0.2, 0.25) is 0 Å². The maximum Gasteiger partial charge on any atom is 0.129 e. The average molecular weight is 153 g/mol. The fraction of sp³-hybridized carbons (Fsp3) is 0.286. The first-order chi connectivity index (χ1) is 5.24. The topological polar surface area (TPSA) is 74.2 Å². The summed E-state index contributed by atoms with van der Waals surface area (Å²) in [6.07, 6.45) is 1.52. The zero-order chi connectivity index (χ0) is 8.27. The lowest BCUT2D eigenvalue weighted by molar-refractivity contribution is 0.185. The number of nitrogen functional groups attached to an aromatic ring is 2. The average Bonchev–Trinajstić information content (AvgIpc) is 1.98. The maximum atomic E-state index is 5.53. The number of aromatic nitrogens is 1.